The highest BCUT2D eigenvalue weighted by molar-refractivity contribution is 5.48. The maximum absolute atomic E-state index is 13.4. The fraction of sp³-hybridized carbons (Fsp3) is 0.571. The molecule has 0 aromatic heterocycles. The molecule has 1 aliphatic heterocycles. The zero-order valence-corrected chi connectivity index (χ0v) is 10.9. The molecule has 2 atom stereocenters. The lowest BCUT2D eigenvalue weighted by Crippen LogP contribution is -2.49. The van der Waals surface area contributed by atoms with Gasteiger partial charge in [0.1, 0.15) is 5.82 Å². The maximum atomic E-state index is 13.4. The van der Waals surface area contributed by atoms with Crippen molar-refractivity contribution in [3.8, 4) is 0 Å². The van der Waals surface area contributed by atoms with Crippen molar-refractivity contribution in [1.29, 1.82) is 0 Å². The zero-order valence-electron chi connectivity index (χ0n) is 10.9. The van der Waals surface area contributed by atoms with Gasteiger partial charge in [-0.3, -0.25) is 0 Å². The Morgan fingerprint density at radius 3 is 2.89 bits per heavy atom. The molecule has 1 heterocycles. The summed E-state index contributed by atoms with van der Waals surface area (Å²) in [6.07, 6.45) is 1.55. The van der Waals surface area contributed by atoms with Crippen molar-refractivity contribution in [1.82, 2.24) is 0 Å². The van der Waals surface area contributed by atoms with Gasteiger partial charge in [0.2, 0.25) is 0 Å². The minimum Gasteiger partial charge on any atom is -0.394 e. The van der Waals surface area contributed by atoms with E-state index in [1.165, 1.54) is 12.1 Å². The number of ether oxygens (including phenoxy) is 1. The summed E-state index contributed by atoms with van der Waals surface area (Å²) in [5.41, 5.74) is 1.18. The minimum atomic E-state index is -0.405. The molecular formula is C14H20FNO2. The summed E-state index contributed by atoms with van der Waals surface area (Å²) in [5.74, 6) is -0.259. The first-order chi connectivity index (χ1) is 8.53. The van der Waals surface area contributed by atoms with Crippen LogP contribution in [0, 0.1) is 12.7 Å². The fourth-order valence-electron chi connectivity index (χ4n) is 2.58. The van der Waals surface area contributed by atoms with Gasteiger partial charge in [0.05, 0.1) is 18.2 Å². The van der Waals surface area contributed by atoms with Gasteiger partial charge in [0.15, 0.2) is 0 Å². The number of halogens is 1. The lowest BCUT2D eigenvalue weighted by atomic mass is 9.87. The van der Waals surface area contributed by atoms with Gasteiger partial charge in [-0.1, -0.05) is 0 Å². The van der Waals surface area contributed by atoms with Crippen LogP contribution in [0.1, 0.15) is 25.3 Å². The minimum absolute atomic E-state index is 0.0241. The van der Waals surface area contributed by atoms with E-state index in [1.807, 2.05) is 19.9 Å². The summed E-state index contributed by atoms with van der Waals surface area (Å²) in [5, 5.41) is 12.9. The van der Waals surface area contributed by atoms with Gasteiger partial charge in [-0.15, -0.1) is 0 Å². The Morgan fingerprint density at radius 1 is 1.50 bits per heavy atom. The molecule has 2 rings (SSSR count). The summed E-state index contributed by atoms with van der Waals surface area (Å²) in [6.45, 7) is 4.48. The SMILES string of the molecule is Cc1cc(F)cc(NC2(CO)CCOC(C)C2)c1. The Morgan fingerprint density at radius 2 is 2.28 bits per heavy atom. The number of rotatable bonds is 3. The predicted molar refractivity (Wildman–Crippen MR) is 69.2 cm³/mol. The standard InChI is InChI=1S/C14H20FNO2/c1-10-5-12(15)7-13(6-10)16-14(9-17)3-4-18-11(2)8-14/h5-7,11,16-17H,3-4,8-9H2,1-2H3. The summed E-state index contributed by atoms with van der Waals surface area (Å²) in [7, 11) is 0. The number of aliphatic hydroxyl groups excluding tert-OH is 1. The van der Waals surface area contributed by atoms with E-state index in [1.54, 1.807) is 0 Å². The number of benzene rings is 1. The van der Waals surface area contributed by atoms with Crippen LogP contribution in [0.2, 0.25) is 0 Å². The van der Waals surface area contributed by atoms with Crippen LogP contribution >= 0.6 is 0 Å². The van der Waals surface area contributed by atoms with Crippen LogP contribution in [0.4, 0.5) is 10.1 Å². The summed E-state index contributed by atoms with van der Waals surface area (Å²) >= 11 is 0. The molecule has 1 saturated heterocycles. The van der Waals surface area contributed by atoms with E-state index in [0.29, 0.717) is 6.61 Å². The van der Waals surface area contributed by atoms with Crippen LogP contribution in [0.15, 0.2) is 18.2 Å². The Labute approximate surface area is 107 Å². The van der Waals surface area contributed by atoms with Crippen LogP contribution in [0.3, 0.4) is 0 Å². The second-order valence-electron chi connectivity index (χ2n) is 5.22. The van der Waals surface area contributed by atoms with E-state index >= 15 is 0 Å². The molecule has 0 saturated carbocycles. The van der Waals surface area contributed by atoms with E-state index in [4.69, 9.17) is 4.74 Å². The molecule has 0 amide bonds. The van der Waals surface area contributed by atoms with Gasteiger partial charge in [0, 0.05) is 12.3 Å². The van der Waals surface area contributed by atoms with Crippen LogP contribution in [0.5, 0.6) is 0 Å². The van der Waals surface area contributed by atoms with Gasteiger partial charge in [-0.2, -0.15) is 0 Å². The average molecular weight is 253 g/mol. The third kappa shape index (κ3) is 3.00. The van der Waals surface area contributed by atoms with E-state index in [2.05, 4.69) is 5.32 Å². The van der Waals surface area contributed by atoms with Gasteiger partial charge >= 0.3 is 0 Å². The van der Waals surface area contributed by atoms with Crippen molar-refractivity contribution in [2.24, 2.45) is 0 Å². The van der Waals surface area contributed by atoms with Crippen LogP contribution in [0.25, 0.3) is 0 Å². The van der Waals surface area contributed by atoms with E-state index in [-0.39, 0.29) is 18.5 Å². The molecule has 3 nitrogen and oxygen atoms in total. The van der Waals surface area contributed by atoms with Gasteiger partial charge < -0.3 is 15.2 Å². The number of nitrogens with one attached hydrogen (secondary N) is 1. The molecular weight excluding hydrogens is 233 g/mol. The molecule has 2 unspecified atom stereocenters. The predicted octanol–water partition coefficient (Wildman–Crippen LogP) is 2.48. The molecule has 100 valence electrons. The molecule has 0 spiro atoms. The third-order valence-corrected chi connectivity index (χ3v) is 3.42. The molecule has 1 aliphatic rings. The Balaban J connectivity index is 2.18. The molecule has 0 aliphatic carbocycles. The molecule has 1 aromatic rings. The Bertz CT molecular complexity index is 404. The number of anilines is 1. The second-order valence-corrected chi connectivity index (χ2v) is 5.22. The van der Waals surface area contributed by atoms with Crippen LogP contribution in [-0.2, 0) is 4.74 Å². The van der Waals surface area contributed by atoms with Crippen LogP contribution in [-0.4, -0.2) is 30.0 Å². The monoisotopic (exact) mass is 253 g/mol. The number of aryl methyl sites for hydroxylation is 1. The van der Waals surface area contributed by atoms with Crippen molar-refractivity contribution in [2.45, 2.75) is 38.3 Å². The molecule has 4 heteroatoms. The molecule has 1 aromatic carbocycles. The van der Waals surface area contributed by atoms with Crippen molar-refractivity contribution < 1.29 is 14.2 Å². The number of hydrogen-bond acceptors (Lipinski definition) is 3. The molecule has 1 fully saturated rings. The largest absolute Gasteiger partial charge is 0.394 e. The summed E-state index contributed by atoms with van der Waals surface area (Å²) in [4.78, 5) is 0. The quantitative estimate of drug-likeness (QED) is 0.869. The maximum Gasteiger partial charge on any atom is 0.125 e. The van der Waals surface area contributed by atoms with Crippen molar-refractivity contribution >= 4 is 5.69 Å². The lowest BCUT2D eigenvalue weighted by Gasteiger charge is -2.40. The van der Waals surface area contributed by atoms with Crippen molar-refractivity contribution in [3.63, 3.8) is 0 Å². The first-order valence-corrected chi connectivity index (χ1v) is 6.31. The van der Waals surface area contributed by atoms with E-state index in [0.717, 1.165) is 24.1 Å². The lowest BCUT2D eigenvalue weighted by molar-refractivity contribution is -0.0160. The first kappa shape index (κ1) is 13.3. The number of hydrogen-bond donors (Lipinski definition) is 2. The van der Waals surface area contributed by atoms with Gasteiger partial charge in [-0.05, 0) is 50.5 Å². The fourth-order valence-corrected chi connectivity index (χ4v) is 2.58. The van der Waals surface area contributed by atoms with Crippen molar-refractivity contribution in [3.05, 3.63) is 29.6 Å². The average Bonchev–Trinajstić information content (AvgIpc) is 2.27. The van der Waals surface area contributed by atoms with E-state index in [9.17, 15) is 9.50 Å². The van der Waals surface area contributed by atoms with Gasteiger partial charge in [-0.25, -0.2) is 4.39 Å². The molecule has 18 heavy (non-hydrogen) atoms. The van der Waals surface area contributed by atoms with Gasteiger partial charge in [0.25, 0.3) is 0 Å². The van der Waals surface area contributed by atoms with Crippen LogP contribution < -0.4 is 5.32 Å². The highest BCUT2D eigenvalue weighted by Crippen LogP contribution is 2.29. The Kier molecular flexibility index (Phi) is 3.88. The molecule has 0 bridgehead atoms. The summed E-state index contributed by atoms with van der Waals surface area (Å²) in [6, 6.07) is 4.84. The first-order valence-electron chi connectivity index (χ1n) is 6.31. The Hall–Kier alpha value is -1.13. The zero-order chi connectivity index (χ0) is 13.2. The van der Waals surface area contributed by atoms with Crippen molar-refractivity contribution in [2.75, 3.05) is 18.5 Å². The normalized spacial score (nSPS) is 28.1. The smallest absolute Gasteiger partial charge is 0.125 e. The summed E-state index contributed by atoms with van der Waals surface area (Å²) < 4.78 is 18.9. The highest BCUT2D eigenvalue weighted by Gasteiger charge is 2.35. The highest BCUT2D eigenvalue weighted by atomic mass is 19.1. The van der Waals surface area contributed by atoms with E-state index < -0.39 is 5.54 Å². The number of aliphatic hydroxyl groups is 1. The molecule has 0 radical (unpaired) electrons. The topological polar surface area (TPSA) is 41.5 Å². The molecule has 2 N–H and O–H groups in total. The second kappa shape index (κ2) is 5.24. The third-order valence-electron chi connectivity index (χ3n) is 3.42.